The van der Waals surface area contributed by atoms with Crippen molar-refractivity contribution in [2.75, 3.05) is 0 Å². The van der Waals surface area contributed by atoms with Crippen molar-refractivity contribution in [1.82, 2.24) is 19.9 Å². The fourth-order valence-corrected chi connectivity index (χ4v) is 3.46. The van der Waals surface area contributed by atoms with Gasteiger partial charge in [-0.05, 0) is 71.4 Å². The molecule has 0 unspecified atom stereocenters. The second kappa shape index (κ2) is 6.26. The van der Waals surface area contributed by atoms with Crippen LogP contribution in [-0.4, -0.2) is 26.5 Å². The van der Waals surface area contributed by atoms with Gasteiger partial charge in [0.1, 0.15) is 4.60 Å². The lowest BCUT2D eigenvalue weighted by atomic mass is 10.0. The van der Waals surface area contributed by atoms with Crippen molar-refractivity contribution in [2.45, 2.75) is 39.2 Å². The van der Waals surface area contributed by atoms with Crippen LogP contribution in [-0.2, 0) is 6.42 Å². The van der Waals surface area contributed by atoms with Crippen LogP contribution in [0.25, 0.3) is 16.9 Å². The molecular formula is C19H19BrN4O. The summed E-state index contributed by atoms with van der Waals surface area (Å²) in [5.41, 5.74) is 5.62. The second-order valence-electron chi connectivity index (χ2n) is 6.50. The average molecular weight is 399 g/mol. The first-order valence-electron chi connectivity index (χ1n) is 8.52. The second-order valence-corrected chi connectivity index (χ2v) is 7.31. The highest BCUT2D eigenvalue weighted by Gasteiger charge is 2.24. The molecule has 0 radical (unpaired) electrons. The fraction of sp³-hybridized carbons (Fsp3) is 0.316. The van der Waals surface area contributed by atoms with E-state index in [1.807, 2.05) is 41.9 Å². The van der Waals surface area contributed by atoms with Crippen molar-refractivity contribution in [3.05, 3.63) is 51.8 Å². The highest BCUT2D eigenvalue weighted by atomic mass is 79.9. The number of hydrogen-bond donors (Lipinski definition) is 1. The van der Waals surface area contributed by atoms with Crippen molar-refractivity contribution >= 4 is 27.5 Å². The summed E-state index contributed by atoms with van der Waals surface area (Å²) in [5, 5.41) is 7.59. The van der Waals surface area contributed by atoms with Gasteiger partial charge in [0.05, 0.1) is 11.9 Å². The Morgan fingerprint density at radius 2 is 2.16 bits per heavy atom. The third-order valence-electron chi connectivity index (χ3n) is 4.57. The SMILES string of the molecule is CCc1cc(Br)nn2c(-c3ccc(C(=O)NC4CC4)c(C)c3)cnc12. The van der Waals surface area contributed by atoms with Gasteiger partial charge >= 0.3 is 0 Å². The van der Waals surface area contributed by atoms with E-state index in [2.05, 4.69) is 38.3 Å². The Morgan fingerprint density at radius 1 is 1.36 bits per heavy atom. The third kappa shape index (κ3) is 3.06. The Morgan fingerprint density at radius 3 is 2.84 bits per heavy atom. The van der Waals surface area contributed by atoms with Gasteiger partial charge in [0.25, 0.3) is 5.91 Å². The first kappa shape index (κ1) is 16.3. The fourth-order valence-electron chi connectivity index (χ4n) is 3.02. The number of halogens is 1. The Kier molecular flexibility index (Phi) is 4.07. The molecule has 1 aromatic carbocycles. The van der Waals surface area contributed by atoms with Gasteiger partial charge in [0.2, 0.25) is 0 Å². The maximum Gasteiger partial charge on any atom is 0.251 e. The number of imidazole rings is 1. The van der Waals surface area contributed by atoms with E-state index in [1.54, 1.807) is 0 Å². The molecule has 4 rings (SSSR count). The molecule has 128 valence electrons. The summed E-state index contributed by atoms with van der Waals surface area (Å²) in [6, 6.07) is 8.24. The Hall–Kier alpha value is -2.21. The number of carbonyl (C=O) groups excluding carboxylic acids is 1. The van der Waals surface area contributed by atoms with Crippen LogP contribution in [0.2, 0.25) is 0 Å². The van der Waals surface area contributed by atoms with Crippen LogP contribution in [0, 0.1) is 6.92 Å². The molecule has 2 aromatic heterocycles. The van der Waals surface area contributed by atoms with E-state index in [-0.39, 0.29) is 5.91 Å². The summed E-state index contributed by atoms with van der Waals surface area (Å²) in [5.74, 6) is 0.0128. The van der Waals surface area contributed by atoms with Crippen LogP contribution >= 0.6 is 15.9 Å². The van der Waals surface area contributed by atoms with Crippen LogP contribution in [0.4, 0.5) is 0 Å². The first-order chi connectivity index (χ1) is 12.1. The number of carbonyl (C=O) groups is 1. The highest BCUT2D eigenvalue weighted by molar-refractivity contribution is 9.10. The molecule has 3 aromatic rings. The van der Waals surface area contributed by atoms with Crippen LogP contribution in [0.1, 0.15) is 41.3 Å². The minimum absolute atomic E-state index is 0.0128. The number of rotatable bonds is 4. The first-order valence-corrected chi connectivity index (χ1v) is 9.31. The Bertz CT molecular complexity index is 975. The van der Waals surface area contributed by atoms with Crippen molar-refractivity contribution in [1.29, 1.82) is 0 Å². The molecule has 2 heterocycles. The summed E-state index contributed by atoms with van der Waals surface area (Å²) in [7, 11) is 0. The van der Waals surface area contributed by atoms with E-state index in [1.165, 1.54) is 0 Å². The molecule has 1 amide bonds. The lowest BCUT2D eigenvalue weighted by Gasteiger charge is -2.09. The minimum Gasteiger partial charge on any atom is -0.349 e. The Balaban J connectivity index is 1.75. The number of hydrogen-bond acceptors (Lipinski definition) is 3. The van der Waals surface area contributed by atoms with E-state index in [0.29, 0.717) is 6.04 Å². The molecular weight excluding hydrogens is 380 g/mol. The lowest BCUT2D eigenvalue weighted by Crippen LogP contribution is -2.26. The minimum atomic E-state index is 0.0128. The smallest absolute Gasteiger partial charge is 0.251 e. The molecule has 1 aliphatic carbocycles. The normalized spacial score (nSPS) is 14.0. The summed E-state index contributed by atoms with van der Waals surface area (Å²) in [4.78, 5) is 16.8. The molecule has 0 saturated heterocycles. The number of fused-ring (bicyclic) bond motifs is 1. The van der Waals surface area contributed by atoms with Crippen molar-refractivity contribution in [3.63, 3.8) is 0 Å². The van der Waals surface area contributed by atoms with Gasteiger partial charge in [-0.2, -0.15) is 5.10 Å². The van der Waals surface area contributed by atoms with E-state index >= 15 is 0 Å². The number of nitrogens with one attached hydrogen (secondary N) is 1. The predicted molar refractivity (Wildman–Crippen MR) is 101 cm³/mol. The third-order valence-corrected chi connectivity index (χ3v) is 4.96. The lowest BCUT2D eigenvalue weighted by molar-refractivity contribution is 0.0950. The van der Waals surface area contributed by atoms with Crippen molar-refractivity contribution < 1.29 is 4.79 Å². The molecule has 5 nitrogen and oxygen atoms in total. The van der Waals surface area contributed by atoms with Gasteiger partial charge < -0.3 is 5.32 Å². The molecule has 1 N–H and O–H groups in total. The zero-order valence-electron chi connectivity index (χ0n) is 14.2. The van der Waals surface area contributed by atoms with Gasteiger partial charge in [0.15, 0.2) is 5.65 Å². The zero-order chi connectivity index (χ0) is 17.6. The van der Waals surface area contributed by atoms with Crippen LogP contribution in [0.3, 0.4) is 0 Å². The number of aromatic nitrogens is 3. The maximum atomic E-state index is 12.3. The topological polar surface area (TPSA) is 59.3 Å². The van der Waals surface area contributed by atoms with E-state index in [0.717, 1.165) is 57.5 Å². The van der Waals surface area contributed by atoms with Crippen LogP contribution in [0.15, 0.2) is 35.1 Å². The van der Waals surface area contributed by atoms with Gasteiger partial charge in [-0.15, -0.1) is 0 Å². The highest BCUT2D eigenvalue weighted by Crippen LogP contribution is 2.26. The van der Waals surface area contributed by atoms with Crippen LogP contribution < -0.4 is 5.32 Å². The molecule has 0 atom stereocenters. The molecule has 25 heavy (non-hydrogen) atoms. The summed E-state index contributed by atoms with van der Waals surface area (Å²) < 4.78 is 2.65. The Labute approximate surface area is 154 Å². The number of nitrogens with zero attached hydrogens (tertiary/aromatic N) is 3. The number of benzene rings is 1. The van der Waals surface area contributed by atoms with E-state index < -0.39 is 0 Å². The predicted octanol–water partition coefficient (Wildman–Crippen LogP) is 3.92. The summed E-state index contributed by atoms with van der Waals surface area (Å²) >= 11 is 3.48. The van der Waals surface area contributed by atoms with Crippen molar-refractivity contribution in [2.24, 2.45) is 0 Å². The summed E-state index contributed by atoms with van der Waals surface area (Å²) in [6.45, 7) is 4.07. The molecule has 0 spiro atoms. The standard InChI is InChI=1S/C19H19BrN4O/c1-3-12-9-17(20)23-24-16(10-21-18(12)24)13-4-7-15(11(2)8-13)19(25)22-14-5-6-14/h4,7-10,14H,3,5-6H2,1-2H3,(H,22,25). The molecule has 6 heteroatoms. The quantitative estimate of drug-likeness (QED) is 0.724. The van der Waals surface area contributed by atoms with Gasteiger partial charge in [-0.25, -0.2) is 9.50 Å². The van der Waals surface area contributed by atoms with Gasteiger partial charge in [0, 0.05) is 17.2 Å². The average Bonchev–Trinajstić information content (AvgIpc) is 3.30. The monoisotopic (exact) mass is 398 g/mol. The molecule has 1 fully saturated rings. The van der Waals surface area contributed by atoms with E-state index in [4.69, 9.17) is 0 Å². The van der Waals surface area contributed by atoms with Crippen molar-refractivity contribution in [3.8, 4) is 11.3 Å². The van der Waals surface area contributed by atoms with Gasteiger partial charge in [-0.3, -0.25) is 4.79 Å². The molecule has 1 aliphatic rings. The largest absolute Gasteiger partial charge is 0.349 e. The molecule has 0 aliphatic heterocycles. The van der Waals surface area contributed by atoms with E-state index in [9.17, 15) is 4.79 Å². The number of amides is 1. The molecule has 1 saturated carbocycles. The zero-order valence-corrected chi connectivity index (χ0v) is 15.8. The van der Waals surface area contributed by atoms with Gasteiger partial charge in [-0.1, -0.05) is 13.0 Å². The summed E-state index contributed by atoms with van der Waals surface area (Å²) in [6.07, 6.45) is 4.91. The van der Waals surface area contributed by atoms with Crippen LogP contribution in [0.5, 0.6) is 0 Å². The maximum absolute atomic E-state index is 12.3. The number of aryl methyl sites for hydroxylation is 2. The molecule has 0 bridgehead atoms.